The van der Waals surface area contributed by atoms with Gasteiger partial charge in [-0.3, -0.25) is 10.1 Å². The molecular weight excluding hydrogens is 281 g/mol. The minimum absolute atomic E-state index is 0.291. The Hall–Kier alpha value is -2.90. The third kappa shape index (κ3) is 3.35. The van der Waals surface area contributed by atoms with Crippen molar-refractivity contribution in [2.24, 2.45) is 0 Å². The van der Waals surface area contributed by atoms with E-state index in [1.54, 1.807) is 12.1 Å². The van der Waals surface area contributed by atoms with Gasteiger partial charge in [-0.05, 0) is 24.3 Å². The average molecular weight is 293 g/mol. The van der Waals surface area contributed by atoms with Gasteiger partial charge in [-0.15, -0.1) is 0 Å². The van der Waals surface area contributed by atoms with E-state index >= 15 is 0 Å². The van der Waals surface area contributed by atoms with Gasteiger partial charge in [0.2, 0.25) is 5.82 Å². The van der Waals surface area contributed by atoms with Crippen molar-refractivity contribution in [1.82, 2.24) is 4.98 Å². The minimum atomic E-state index is -0.890. The fourth-order valence-corrected chi connectivity index (χ4v) is 1.73. The topological polar surface area (TPSA) is 97.3 Å². The number of nitro groups is 1. The molecule has 2 aromatic rings. The third-order valence-electron chi connectivity index (χ3n) is 2.78. The monoisotopic (exact) mass is 293 g/mol. The molecule has 0 spiro atoms. The Balaban J connectivity index is 2.06. The Morgan fingerprint density at radius 3 is 2.86 bits per heavy atom. The van der Waals surface area contributed by atoms with Gasteiger partial charge in [0.25, 0.3) is 0 Å². The van der Waals surface area contributed by atoms with E-state index in [0.717, 1.165) is 12.1 Å². The van der Waals surface area contributed by atoms with Crippen LogP contribution in [0.5, 0.6) is 0 Å². The van der Waals surface area contributed by atoms with E-state index in [4.69, 9.17) is 0 Å². The summed E-state index contributed by atoms with van der Waals surface area (Å²) in [6, 6.07) is 6.77. The van der Waals surface area contributed by atoms with E-state index in [9.17, 15) is 19.3 Å². The predicted octanol–water partition coefficient (Wildman–Crippen LogP) is 2.46. The summed E-state index contributed by atoms with van der Waals surface area (Å²) in [5.41, 5.74) is 0.792. The van der Waals surface area contributed by atoms with Crippen molar-refractivity contribution >= 4 is 17.3 Å². The van der Waals surface area contributed by atoms with Gasteiger partial charge in [-0.25, -0.2) is 4.79 Å². The first-order valence-corrected chi connectivity index (χ1v) is 5.95. The molecule has 8 heteroatoms. The number of esters is 1. The molecule has 0 aliphatic carbocycles. The van der Waals surface area contributed by atoms with Crippen LogP contribution >= 0.6 is 0 Å². The summed E-state index contributed by atoms with van der Waals surface area (Å²) < 4.78 is 17.7. The number of nitrogens with one attached hydrogen (secondary N) is 2. The number of hydrogen-bond acceptors (Lipinski definition) is 5. The number of aromatic amines is 1. The first kappa shape index (κ1) is 14.5. The summed E-state index contributed by atoms with van der Waals surface area (Å²) in [7, 11) is 1.28. The second kappa shape index (κ2) is 6.04. The molecule has 1 aromatic heterocycles. The largest absolute Gasteiger partial charge is 0.464 e. The molecule has 2 N–H and O–H groups in total. The second-order valence-electron chi connectivity index (χ2n) is 4.17. The Morgan fingerprint density at radius 2 is 2.19 bits per heavy atom. The van der Waals surface area contributed by atoms with Gasteiger partial charge in [0.1, 0.15) is 5.69 Å². The lowest BCUT2D eigenvalue weighted by Crippen LogP contribution is -2.04. The van der Waals surface area contributed by atoms with E-state index in [-0.39, 0.29) is 0 Å². The van der Waals surface area contributed by atoms with Crippen LogP contribution in [0.25, 0.3) is 0 Å². The van der Waals surface area contributed by atoms with Crippen LogP contribution in [0.3, 0.4) is 0 Å². The fourth-order valence-electron chi connectivity index (χ4n) is 1.73. The molecule has 21 heavy (non-hydrogen) atoms. The van der Waals surface area contributed by atoms with Crippen molar-refractivity contribution in [2.75, 3.05) is 12.4 Å². The van der Waals surface area contributed by atoms with Crippen molar-refractivity contribution in [2.45, 2.75) is 6.54 Å². The maximum absolute atomic E-state index is 13.2. The molecule has 1 aromatic carbocycles. The maximum atomic E-state index is 13.2. The molecule has 0 aliphatic heterocycles. The quantitative estimate of drug-likeness (QED) is 0.501. The summed E-state index contributed by atoms with van der Waals surface area (Å²) in [6.07, 6.45) is 0. The van der Waals surface area contributed by atoms with Crippen molar-refractivity contribution < 1.29 is 18.8 Å². The standard InChI is InChI=1S/C13H12FN3O4/c1-21-13(18)11-5-3-9(16-11)7-15-8-2-4-10(14)12(6-8)17(19)20/h2-6,15-16H,7H2,1H3. The summed E-state index contributed by atoms with van der Waals surface area (Å²) in [5.74, 6) is -1.38. The maximum Gasteiger partial charge on any atom is 0.354 e. The molecule has 0 atom stereocenters. The van der Waals surface area contributed by atoms with Crippen LogP contribution in [0.1, 0.15) is 16.2 Å². The highest BCUT2D eigenvalue weighted by Crippen LogP contribution is 2.22. The zero-order valence-corrected chi connectivity index (χ0v) is 11.1. The van der Waals surface area contributed by atoms with Crippen LogP contribution in [-0.4, -0.2) is 23.0 Å². The predicted molar refractivity (Wildman–Crippen MR) is 72.5 cm³/mol. The lowest BCUT2D eigenvalue weighted by atomic mass is 10.2. The van der Waals surface area contributed by atoms with E-state index in [0.29, 0.717) is 23.6 Å². The lowest BCUT2D eigenvalue weighted by Gasteiger charge is -2.05. The van der Waals surface area contributed by atoms with Crippen LogP contribution in [0.2, 0.25) is 0 Å². The van der Waals surface area contributed by atoms with Crippen LogP contribution in [0, 0.1) is 15.9 Å². The number of nitro benzene ring substituents is 1. The number of carbonyl (C=O) groups excluding carboxylic acids is 1. The summed E-state index contributed by atoms with van der Waals surface area (Å²) >= 11 is 0. The Kier molecular flexibility index (Phi) is 4.17. The van der Waals surface area contributed by atoms with Gasteiger partial charge in [-0.1, -0.05) is 0 Å². The molecule has 0 saturated carbocycles. The molecule has 0 aliphatic rings. The smallest absolute Gasteiger partial charge is 0.354 e. The molecule has 110 valence electrons. The SMILES string of the molecule is COC(=O)c1ccc(CNc2ccc(F)c([N+](=O)[O-])c2)[nH]1. The number of methoxy groups -OCH3 is 1. The van der Waals surface area contributed by atoms with Crippen molar-refractivity contribution in [1.29, 1.82) is 0 Å². The number of rotatable bonds is 5. The third-order valence-corrected chi connectivity index (χ3v) is 2.78. The normalized spacial score (nSPS) is 10.2. The second-order valence-corrected chi connectivity index (χ2v) is 4.17. The van der Waals surface area contributed by atoms with Gasteiger partial charge in [0.05, 0.1) is 18.6 Å². The van der Waals surface area contributed by atoms with Gasteiger partial charge in [0, 0.05) is 17.4 Å². The molecule has 0 fully saturated rings. The number of aromatic nitrogens is 1. The van der Waals surface area contributed by atoms with Crippen LogP contribution in [0.4, 0.5) is 15.8 Å². The van der Waals surface area contributed by atoms with E-state index in [2.05, 4.69) is 15.0 Å². The highest BCUT2D eigenvalue weighted by atomic mass is 19.1. The van der Waals surface area contributed by atoms with Gasteiger partial charge < -0.3 is 15.0 Å². The Bertz CT molecular complexity index is 684. The summed E-state index contributed by atoms with van der Waals surface area (Å²) in [4.78, 5) is 24.0. The van der Waals surface area contributed by atoms with Crippen LogP contribution in [0.15, 0.2) is 30.3 Å². The zero-order valence-electron chi connectivity index (χ0n) is 11.1. The van der Waals surface area contributed by atoms with Gasteiger partial charge >= 0.3 is 11.7 Å². The van der Waals surface area contributed by atoms with E-state index in [1.165, 1.54) is 13.2 Å². The molecule has 1 heterocycles. The number of hydrogen-bond donors (Lipinski definition) is 2. The van der Waals surface area contributed by atoms with Crippen LogP contribution < -0.4 is 5.32 Å². The number of nitrogens with zero attached hydrogens (tertiary/aromatic N) is 1. The summed E-state index contributed by atoms with van der Waals surface area (Å²) in [6.45, 7) is 0.291. The van der Waals surface area contributed by atoms with E-state index < -0.39 is 22.4 Å². The molecular formula is C13H12FN3O4. The van der Waals surface area contributed by atoms with Crippen LogP contribution in [-0.2, 0) is 11.3 Å². The zero-order chi connectivity index (χ0) is 15.4. The molecule has 0 radical (unpaired) electrons. The van der Waals surface area contributed by atoms with Crippen molar-refractivity contribution in [3.05, 3.63) is 57.7 Å². The highest BCUT2D eigenvalue weighted by molar-refractivity contribution is 5.87. The van der Waals surface area contributed by atoms with Crippen molar-refractivity contribution in [3.8, 4) is 0 Å². The molecule has 0 amide bonds. The van der Waals surface area contributed by atoms with E-state index in [1.807, 2.05) is 0 Å². The highest BCUT2D eigenvalue weighted by Gasteiger charge is 2.14. The van der Waals surface area contributed by atoms with Gasteiger partial charge in [0.15, 0.2) is 0 Å². The number of ether oxygens (including phenoxy) is 1. The Labute approximate surface area is 118 Å². The minimum Gasteiger partial charge on any atom is -0.464 e. The first-order valence-electron chi connectivity index (χ1n) is 5.95. The number of anilines is 1. The summed E-state index contributed by atoms with van der Waals surface area (Å²) in [5, 5.41) is 13.5. The molecule has 0 bridgehead atoms. The molecule has 0 saturated heterocycles. The first-order chi connectivity index (χ1) is 10.0. The number of benzene rings is 1. The van der Waals surface area contributed by atoms with Gasteiger partial charge in [-0.2, -0.15) is 4.39 Å². The lowest BCUT2D eigenvalue weighted by molar-refractivity contribution is -0.387. The van der Waals surface area contributed by atoms with Crippen molar-refractivity contribution in [3.63, 3.8) is 0 Å². The molecule has 0 unspecified atom stereocenters. The molecule has 7 nitrogen and oxygen atoms in total. The number of halogens is 1. The number of H-pyrrole nitrogens is 1. The number of carbonyl (C=O) groups is 1. The fraction of sp³-hybridized carbons (Fsp3) is 0.154. The average Bonchev–Trinajstić information content (AvgIpc) is 2.94. The molecule has 2 rings (SSSR count). The Morgan fingerprint density at radius 1 is 1.43 bits per heavy atom.